The van der Waals surface area contributed by atoms with E-state index in [2.05, 4.69) is 46.9 Å². The van der Waals surface area contributed by atoms with Gasteiger partial charge in [-0.15, -0.1) is 0 Å². The molecule has 1 N–H and O–H groups in total. The van der Waals surface area contributed by atoms with Crippen LogP contribution in [0.1, 0.15) is 119 Å². The Kier molecular flexibility index (Phi) is 19.7. The quantitative estimate of drug-likeness (QED) is 0.384. The second-order valence-corrected chi connectivity index (χ2v) is 11.8. The first-order valence-corrected chi connectivity index (χ1v) is 14.9. The fourth-order valence-corrected chi connectivity index (χ4v) is 4.29. The summed E-state index contributed by atoms with van der Waals surface area (Å²) in [6.07, 6.45) is 17.9. The first kappa shape index (κ1) is 31.9. The zero-order valence-electron chi connectivity index (χ0n) is 23.9. The Balaban J connectivity index is 0.000000204. The molecule has 34 heavy (non-hydrogen) atoms. The van der Waals surface area contributed by atoms with Crippen molar-refractivity contribution >= 4 is 0 Å². The van der Waals surface area contributed by atoms with Crippen molar-refractivity contribution in [3.63, 3.8) is 0 Å². The summed E-state index contributed by atoms with van der Waals surface area (Å²) in [4.78, 5) is 0. The summed E-state index contributed by atoms with van der Waals surface area (Å²) in [5.74, 6) is 3.87. The maximum atomic E-state index is 5.15. The molecule has 204 valence electrons. The van der Waals surface area contributed by atoms with Crippen molar-refractivity contribution in [1.82, 2.24) is 5.32 Å². The molecule has 4 heteroatoms. The van der Waals surface area contributed by atoms with E-state index in [1.54, 1.807) is 0 Å². The van der Waals surface area contributed by atoms with Crippen molar-refractivity contribution < 1.29 is 14.2 Å². The molecule has 0 unspecified atom stereocenters. The van der Waals surface area contributed by atoms with Crippen molar-refractivity contribution in [2.45, 2.75) is 131 Å². The first-order valence-electron chi connectivity index (χ1n) is 14.9. The van der Waals surface area contributed by atoms with Crippen LogP contribution in [0.15, 0.2) is 0 Å². The summed E-state index contributed by atoms with van der Waals surface area (Å²) in [7, 11) is 0. The van der Waals surface area contributed by atoms with Crippen LogP contribution in [-0.2, 0) is 14.2 Å². The molecule has 0 aromatic heterocycles. The molecule has 6 rings (SSSR count). The lowest BCUT2D eigenvalue weighted by atomic mass is 9.88. The van der Waals surface area contributed by atoms with Gasteiger partial charge in [-0.3, -0.25) is 0 Å². The summed E-state index contributed by atoms with van der Waals surface area (Å²) in [6, 6.07) is 0. The van der Waals surface area contributed by atoms with E-state index in [1.165, 1.54) is 90.1 Å². The van der Waals surface area contributed by atoms with Gasteiger partial charge in [-0.05, 0) is 82.7 Å². The van der Waals surface area contributed by atoms with E-state index in [1.807, 2.05) is 0 Å². The predicted octanol–water partition coefficient (Wildman–Crippen LogP) is 7.64. The Labute approximate surface area is 213 Å². The smallest absolute Gasteiger partial charge is 0.0568 e. The summed E-state index contributed by atoms with van der Waals surface area (Å²) >= 11 is 0. The lowest BCUT2D eigenvalue weighted by molar-refractivity contribution is -0.0375. The highest BCUT2D eigenvalue weighted by molar-refractivity contribution is 4.65. The van der Waals surface area contributed by atoms with Gasteiger partial charge >= 0.3 is 0 Å². The molecule has 4 aliphatic heterocycles. The predicted molar refractivity (Wildman–Crippen MR) is 147 cm³/mol. The van der Waals surface area contributed by atoms with E-state index in [9.17, 15) is 0 Å². The highest BCUT2D eigenvalue weighted by Crippen LogP contribution is 2.24. The van der Waals surface area contributed by atoms with Gasteiger partial charge in [0.05, 0.1) is 12.2 Å². The monoisotopic (exact) mass is 483 g/mol. The highest BCUT2D eigenvalue weighted by Gasteiger charge is 2.10. The normalized spacial score (nSPS) is 31.9. The Morgan fingerprint density at radius 1 is 0.500 bits per heavy atom. The number of ether oxygens (including phenoxy) is 3. The third-order valence-corrected chi connectivity index (χ3v) is 7.59. The molecule has 2 aliphatic carbocycles. The Bertz CT molecular complexity index is 347. The molecule has 0 aromatic carbocycles. The van der Waals surface area contributed by atoms with Gasteiger partial charge in [0.25, 0.3) is 0 Å². The minimum Gasteiger partial charge on any atom is -0.381 e. The van der Waals surface area contributed by atoms with Crippen LogP contribution in [0.3, 0.4) is 0 Å². The maximum absolute atomic E-state index is 5.15. The zero-order valence-corrected chi connectivity index (χ0v) is 23.9. The van der Waals surface area contributed by atoms with Crippen LogP contribution >= 0.6 is 0 Å². The third kappa shape index (κ3) is 19.1. The molecular weight excluding hydrogens is 422 g/mol. The zero-order chi connectivity index (χ0) is 25.0. The minimum atomic E-state index is 0.546. The molecule has 4 nitrogen and oxygen atoms in total. The fraction of sp³-hybridized carbons (Fsp3) is 1.00. The van der Waals surface area contributed by atoms with Gasteiger partial charge in [0.1, 0.15) is 0 Å². The van der Waals surface area contributed by atoms with E-state index in [-0.39, 0.29) is 0 Å². The Hall–Kier alpha value is -0.160. The molecule has 0 spiro atoms. The van der Waals surface area contributed by atoms with Gasteiger partial charge in [-0.25, -0.2) is 0 Å². The molecule has 4 saturated heterocycles. The molecule has 6 aliphatic rings. The number of rotatable bonds is 0. The van der Waals surface area contributed by atoms with Gasteiger partial charge < -0.3 is 19.5 Å². The van der Waals surface area contributed by atoms with Crippen LogP contribution in [-0.4, -0.2) is 51.7 Å². The maximum Gasteiger partial charge on any atom is 0.0568 e. The second kappa shape index (κ2) is 21.0. The molecule has 4 heterocycles. The molecule has 6 fully saturated rings. The number of hydrogen-bond donors (Lipinski definition) is 1. The van der Waals surface area contributed by atoms with Crippen molar-refractivity contribution in [3.05, 3.63) is 0 Å². The second-order valence-electron chi connectivity index (χ2n) is 11.8. The number of hydrogen-bond acceptors (Lipinski definition) is 4. The van der Waals surface area contributed by atoms with Crippen molar-refractivity contribution in [1.29, 1.82) is 0 Å². The van der Waals surface area contributed by atoms with Crippen molar-refractivity contribution in [2.75, 3.05) is 39.5 Å². The SMILES string of the molecule is CC1CCC1.CC1CCCC1.C[C@@H]1CCCO1.C[C@@H]1CCNC1.C[C@@H]1CCO1.C[C@@H]1CCOC1. The van der Waals surface area contributed by atoms with Crippen LogP contribution in [0.25, 0.3) is 0 Å². The molecule has 2 saturated carbocycles. The average Bonchev–Trinajstić information content (AvgIpc) is 3.59. The highest BCUT2D eigenvalue weighted by atomic mass is 16.5. The lowest BCUT2D eigenvalue weighted by Gasteiger charge is -2.20. The molecule has 0 aromatic rings. The van der Waals surface area contributed by atoms with Gasteiger partial charge in [0.2, 0.25) is 0 Å². The summed E-state index contributed by atoms with van der Waals surface area (Å²) < 4.78 is 15.1. The van der Waals surface area contributed by atoms with Gasteiger partial charge in [-0.2, -0.15) is 0 Å². The molecule has 0 radical (unpaired) electrons. The fourth-order valence-electron chi connectivity index (χ4n) is 4.29. The topological polar surface area (TPSA) is 39.7 Å². The van der Waals surface area contributed by atoms with E-state index in [0.717, 1.165) is 50.1 Å². The summed E-state index contributed by atoms with van der Waals surface area (Å²) in [5, 5.41) is 3.27. The lowest BCUT2D eigenvalue weighted by Crippen LogP contribution is -2.22. The van der Waals surface area contributed by atoms with Gasteiger partial charge in [0, 0.05) is 26.4 Å². The van der Waals surface area contributed by atoms with Gasteiger partial charge in [0.15, 0.2) is 0 Å². The Morgan fingerprint density at radius 3 is 1.21 bits per heavy atom. The molecule has 4 atom stereocenters. The van der Waals surface area contributed by atoms with E-state index < -0.39 is 0 Å². The van der Waals surface area contributed by atoms with Crippen LogP contribution in [0.5, 0.6) is 0 Å². The Morgan fingerprint density at radius 2 is 1.09 bits per heavy atom. The van der Waals surface area contributed by atoms with Crippen molar-refractivity contribution in [2.24, 2.45) is 23.7 Å². The molecule has 0 bridgehead atoms. The van der Waals surface area contributed by atoms with Crippen molar-refractivity contribution in [3.8, 4) is 0 Å². The standard InChI is InChI=1S/C6H12.C5H11N.2C5H10O.C5H10.C4H8O/c1-6-4-2-3-5-6;2*1-5-2-3-6-4-5;1-5-3-2-4-6-5;1-5-3-2-4-5;1-4-2-3-5-4/h6H,2-5H2,1H3;5-6H,2-4H2,1H3;2*5H,2-4H2,1H3;5H,2-4H2,1H3;4H,2-3H2,1H3/t;3*5-;;4-/m.111.1/s1. The van der Waals surface area contributed by atoms with Gasteiger partial charge in [-0.1, -0.05) is 72.6 Å². The van der Waals surface area contributed by atoms with Crippen LogP contribution in [0, 0.1) is 23.7 Å². The first-order chi connectivity index (χ1) is 16.4. The summed E-state index contributed by atoms with van der Waals surface area (Å²) in [6.45, 7) is 19.8. The molecule has 0 amide bonds. The third-order valence-electron chi connectivity index (χ3n) is 7.59. The van der Waals surface area contributed by atoms with E-state index in [0.29, 0.717) is 12.2 Å². The van der Waals surface area contributed by atoms with Crippen LogP contribution in [0.2, 0.25) is 0 Å². The summed E-state index contributed by atoms with van der Waals surface area (Å²) in [5.41, 5.74) is 0. The largest absolute Gasteiger partial charge is 0.381 e. The van der Waals surface area contributed by atoms with E-state index in [4.69, 9.17) is 14.2 Å². The van der Waals surface area contributed by atoms with E-state index >= 15 is 0 Å². The van der Waals surface area contributed by atoms with Crippen LogP contribution < -0.4 is 5.32 Å². The average molecular weight is 484 g/mol. The number of nitrogens with one attached hydrogen (secondary N) is 1. The minimum absolute atomic E-state index is 0.546. The molecular formula is C30H61NO3. The van der Waals surface area contributed by atoms with Crippen LogP contribution in [0.4, 0.5) is 0 Å².